The Morgan fingerprint density at radius 1 is 0.583 bits per heavy atom. The molecule has 2 unspecified atom stereocenters. The second kappa shape index (κ2) is 19.4. The number of halogens is 3. The van der Waals surface area contributed by atoms with Gasteiger partial charge >= 0.3 is 6.78 Å². The lowest BCUT2D eigenvalue weighted by molar-refractivity contribution is 0.00555. The summed E-state index contributed by atoms with van der Waals surface area (Å²) in [6.45, 7) is 1.27. The molecule has 2 atom stereocenters. The van der Waals surface area contributed by atoms with E-state index in [1.54, 1.807) is 0 Å². The van der Waals surface area contributed by atoms with Crippen LogP contribution in [-0.4, -0.2) is 65.9 Å². The molecule has 0 aromatic heterocycles. The molecule has 0 aromatic carbocycles. The van der Waals surface area contributed by atoms with Crippen LogP contribution < -0.4 is 10.8 Å². The lowest BCUT2D eigenvalue weighted by atomic mass is 10.1. The first-order valence-corrected chi connectivity index (χ1v) is 20.5. The zero-order chi connectivity index (χ0) is 26.0. The molecule has 2 rings (SSSR count). The smallest absolute Gasteiger partial charge is 0.300 e. The SMILES string of the molecule is NCCCCCCCCCCCCNP12=NP(Cl)(Cl)=NP(Cl)(=N1)OCCOCCOCCOCCO2. The number of hydrogen-bond donors (Lipinski definition) is 2. The maximum Gasteiger partial charge on any atom is 0.300 e. The molecule has 0 saturated carbocycles. The molecule has 0 radical (unpaired) electrons. The van der Waals surface area contributed by atoms with Gasteiger partial charge in [0.1, 0.15) is 0 Å². The summed E-state index contributed by atoms with van der Waals surface area (Å²) in [5.74, 6) is -3.12. The highest BCUT2D eigenvalue weighted by atomic mass is 35.9. The van der Waals surface area contributed by atoms with E-state index in [9.17, 15) is 0 Å². The standard InChI is InChI=1S/C20H43Cl3N5O5P3/c21-34(22)26-35(23)28-36(27-34,25-12-10-8-6-4-2-1-3-5-7-9-11-24)33-20-18-31-16-14-29-13-15-30-17-19-32-35/h25H,1-20,24H2. The minimum atomic E-state index is -3.16. The Balaban J connectivity index is 1.88. The molecule has 2 heterocycles. The Hall–Kier alpha value is 1.28. The predicted octanol–water partition coefficient (Wildman–Crippen LogP) is 8.10. The summed E-state index contributed by atoms with van der Waals surface area (Å²) in [4.78, 5) is 0. The quantitative estimate of drug-likeness (QED) is 0.155. The third-order valence-corrected chi connectivity index (χ3v) is 16.4. The van der Waals surface area contributed by atoms with E-state index in [2.05, 4.69) is 18.6 Å². The van der Waals surface area contributed by atoms with Gasteiger partial charge in [-0.2, -0.15) is 13.5 Å². The highest BCUT2D eigenvalue weighted by Gasteiger charge is 2.36. The summed E-state index contributed by atoms with van der Waals surface area (Å²) >= 11 is 19.6. The van der Waals surface area contributed by atoms with Crippen LogP contribution in [-0.2, 0) is 23.3 Å². The fourth-order valence-electron chi connectivity index (χ4n) is 3.58. The fourth-order valence-corrected chi connectivity index (χ4v) is 16.7. The average Bonchev–Trinajstić information content (AvgIpc) is 2.81. The topological polar surface area (TPSA) is 121 Å². The maximum absolute atomic E-state index is 6.70. The molecule has 10 nitrogen and oxygen atoms in total. The molecule has 0 amide bonds. The molecule has 2 aliphatic rings. The molecule has 214 valence electrons. The molecule has 2 bridgehead atoms. The van der Waals surface area contributed by atoms with E-state index in [1.807, 2.05) is 0 Å². The Kier molecular flexibility index (Phi) is 18.0. The van der Waals surface area contributed by atoms with Crippen molar-refractivity contribution >= 4 is 54.0 Å². The van der Waals surface area contributed by atoms with Gasteiger partial charge in [-0.1, -0.05) is 51.4 Å². The lowest BCUT2D eigenvalue weighted by Gasteiger charge is -2.29. The molecule has 0 fully saturated rings. The molecular formula is C20H43Cl3N5O5P3. The van der Waals surface area contributed by atoms with E-state index < -0.39 is 20.3 Å². The van der Waals surface area contributed by atoms with Crippen LogP contribution in [0.4, 0.5) is 0 Å². The van der Waals surface area contributed by atoms with Gasteiger partial charge in [-0.05, 0) is 53.1 Å². The zero-order valence-corrected chi connectivity index (χ0v) is 26.0. The zero-order valence-electron chi connectivity index (χ0n) is 21.1. The van der Waals surface area contributed by atoms with Crippen LogP contribution in [0.1, 0.15) is 64.2 Å². The van der Waals surface area contributed by atoms with Gasteiger partial charge in [-0.3, -0.25) is 0 Å². The molecule has 0 saturated heterocycles. The monoisotopic (exact) mass is 631 g/mol. The molecule has 36 heavy (non-hydrogen) atoms. The first-order chi connectivity index (χ1) is 17.4. The van der Waals surface area contributed by atoms with Gasteiger partial charge < -0.3 is 29.0 Å². The average molecular weight is 633 g/mol. The van der Waals surface area contributed by atoms with Crippen molar-refractivity contribution in [2.45, 2.75) is 64.2 Å². The predicted molar refractivity (Wildman–Crippen MR) is 153 cm³/mol. The molecule has 0 aliphatic carbocycles. The van der Waals surface area contributed by atoms with E-state index in [1.165, 1.54) is 44.9 Å². The summed E-state index contributed by atoms with van der Waals surface area (Å²) in [5.41, 5.74) is 5.54. The van der Waals surface area contributed by atoms with Crippen molar-refractivity contribution in [1.82, 2.24) is 5.09 Å². The molecule has 0 aromatic rings. The maximum atomic E-state index is 6.70. The summed E-state index contributed by atoms with van der Waals surface area (Å²) in [7, 11) is -2.98. The molecule has 2 aliphatic heterocycles. The highest BCUT2D eigenvalue weighted by Crippen LogP contribution is 2.83. The van der Waals surface area contributed by atoms with Gasteiger partial charge in [-0.25, -0.2) is 5.09 Å². The number of rotatable bonds is 13. The summed E-state index contributed by atoms with van der Waals surface area (Å²) in [6, 6.07) is 0. The number of nitrogens with zero attached hydrogens (tertiary/aromatic N) is 3. The van der Waals surface area contributed by atoms with Crippen LogP contribution in [0.2, 0.25) is 0 Å². The minimum absolute atomic E-state index is 0.203. The van der Waals surface area contributed by atoms with Crippen molar-refractivity contribution < 1.29 is 23.3 Å². The number of unbranched alkanes of at least 4 members (excludes halogenated alkanes) is 9. The van der Waals surface area contributed by atoms with Crippen LogP contribution in [0.5, 0.6) is 0 Å². The van der Waals surface area contributed by atoms with E-state index >= 15 is 0 Å². The number of hydrogen-bond acceptors (Lipinski definition) is 10. The third kappa shape index (κ3) is 15.2. The number of ether oxygens (including phenoxy) is 3. The third-order valence-electron chi connectivity index (χ3n) is 5.35. The molecule has 16 heteroatoms. The van der Waals surface area contributed by atoms with Crippen LogP contribution in [0.25, 0.3) is 0 Å². The van der Waals surface area contributed by atoms with Crippen molar-refractivity contribution in [3.8, 4) is 0 Å². The Labute approximate surface area is 231 Å². The van der Waals surface area contributed by atoms with Crippen molar-refractivity contribution in [3.05, 3.63) is 0 Å². The van der Waals surface area contributed by atoms with Gasteiger partial charge in [-0.15, -0.1) is 0 Å². The molecule has 3 N–H and O–H groups in total. The van der Waals surface area contributed by atoms with Gasteiger partial charge in [0, 0.05) is 6.54 Å². The van der Waals surface area contributed by atoms with Crippen molar-refractivity contribution in [2.24, 2.45) is 19.3 Å². The first-order valence-electron chi connectivity index (χ1n) is 12.9. The summed E-state index contributed by atoms with van der Waals surface area (Å²) in [6.07, 6.45) is 12.0. The largest absolute Gasteiger partial charge is 0.377 e. The van der Waals surface area contributed by atoms with E-state index in [0.29, 0.717) is 46.2 Å². The minimum Gasteiger partial charge on any atom is -0.377 e. The summed E-state index contributed by atoms with van der Waals surface area (Å²) in [5, 5.41) is 3.38. The Morgan fingerprint density at radius 2 is 1.06 bits per heavy atom. The van der Waals surface area contributed by atoms with Crippen molar-refractivity contribution in [1.29, 1.82) is 0 Å². The lowest BCUT2D eigenvalue weighted by Crippen LogP contribution is -2.17. The van der Waals surface area contributed by atoms with Gasteiger partial charge in [0.05, 0.1) is 52.9 Å². The normalized spacial score (nSPS) is 28.0. The number of fused-ring (bicyclic) bond motifs is 1. The van der Waals surface area contributed by atoms with Crippen LogP contribution >= 0.6 is 54.0 Å². The Morgan fingerprint density at radius 3 is 1.61 bits per heavy atom. The van der Waals surface area contributed by atoms with Gasteiger partial charge in [0.25, 0.3) is 13.5 Å². The van der Waals surface area contributed by atoms with Crippen LogP contribution in [0, 0.1) is 0 Å². The number of nitrogens with two attached hydrogens (primary N) is 1. The number of nitrogens with one attached hydrogen (secondary N) is 1. The second-order valence-electron chi connectivity index (χ2n) is 8.48. The Bertz CT molecular complexity index is 775. The van der Waals surface area contributed by atoms with Gasteiger partial charge in [0.15, 0.2) is 0 Å². The molecule has 0 spiro atoms. The molecular weight excluding hydrogens is 590 g/mol. The van der Waals surface area contributed by atoms with Crippen LogP contribution in [0.3, 0.4) is 0 Å². The summed E-state index contributed by atoms with van der Waals surface area (Å²) < 4.78 is 42.0. The highest BCUT2D eigenvalue weighted by molar-refractivity contribution is 8.15. The van der Waals surface area contributed by atoms with E-state index in [0.717, 1.165) is 25.8 Å². The van der Waals surface area contributed by atoms with Gasteiger partial charge in [0.2, 0.25) is 0 Å². The van der Waals surface area contributed by atoms with Crippen LogP contribution in [0.15, 0.2) is 13.5 Å². The fraction of sp³-hybridized carbons (Fsp3) is 1.00. The second-order valence-corrected chi connectivity index (χ2v) is 19.1. The first kappa shape index (κ1) is 33.5. The van der Waals surface area contributed by atoms with Crippen molar-refractivity contribution in [3.63, 3.8) is 0 Å². The van der Waals surface area contributed by atoms with Crippen molar-refractivity contribution in [2.75, 3.05) is 65.9 Å². The van der Waals surface area contributed by atoms with E-state index in [4.69, 9.17) is 62.7 Å². The van der Waals surface area contributed by atoms with E-state index in [-0.39, 0.29) is 13.2 Å².